The van der Waals surface area contributed by atoms with Gasteiger partial charge in [-0.15, -0.1) is 11.3 Å². The Morgan fingerprint density at radius 1 is 1.05 bits per heavy atom. The van der Waals surface area contributed by atoms with Crippen LogP contribution in [0.4, 0.5) is 0 Å². The quantitative estimate of drug-likeness (QED) is 0.615. The van der Waals surface area contributed by atoms with Gasteiger partial charge in [0.05, 0.1) is 16.3 Å². The zero-order valence-electron chi connectivity index (χ0n) is 11.0. The van der Waals surface area contributed by atoms with Crippen molar-refractivity contribution in [2.24, 2.45) is 0 Å². The van der Waals surface area contributed by atoms with Crippen LogP contribution in [0, 0.1) is 0 Å². The fourth-order valence-corrected chi connectivity index (χ4v) is 3.00. The summed E-state index contributed by atoms with van der Waals surface area (Å²) < 4.78 is 1.47. The van der Waals surface area contributed by atoms with Crippen molar-refractivity contribution < 1.29 is 0 Å². The number of hydrogen-bond acceptors (Lipinski definition) is 3. The van der Waals surface area contributed by atoms with E-state index in [1.165, 1.54) is 4.52 Å². The van der Waals surface area contributed by atoms with Crippen molar-refractivity contribution in [2.45, 2.75) is 0 Å². The minimum absolute atomic E-state index is 0.110. The van der Waals surface area contributed by atoms with Crippen LogP contribution in [0.5, 0.6) is 0 Å². The van der Waals surface area contributed by atoms with Crippen molar-refractivity contribution in [3.63, 3.8) is 0 Å². The first-order valence-electron chi connectivity index (χ1n) is 6.53. The van der Waals surface area contributed by atoms with Crippen LogP contribution in [0.15, 0.2) is 64.8 Å². The summed E-state index contributed by atoms with van der Waals surface area (Å²) in [5, 5.41) is 5.10. The number of benzene rings is 1. The molecule has 5 heteroatoms. The average molecular weight is 293 g/mol. The van der Waals surface area contributed by atoms with E-state index < -0.39 is 0 Å². The molecule has 0 unspecified atom stereocenters. The summed E-state index contributed by atoms with van der Waals surface area (Å²) in [6.45, 7) is 0. The Hall–Kier alpha value is -2.66. The largest absolute Gasteiger partial charge is 0.288 e. The Kier molecular flexibility index (Phi) is 2.72. The average Bonchev–Trinajstić information content (AvgIpc) is 3.17. The molecule has 0 saturated heterocycles. The summed E-state index contributed by atoms with van der Waals surface area (Å²) in [4.78, 5) is 17.9. The van der Waals surface area contributed by atoms with Crippen molar-refractivity contribution >= 4 is 17.0 Å². The van der Waals surface area contributed by atoms with Crippen LogP contribution in [-0.4, -0.2) is 14.6 Å². The molecule has 0 aliphatic carbocycles. The van der Waals surface area contributed by atoms with E-state index in [4.69, 9.17) is 0 Å². The van der Waals surface area contributed by atoms with E-state index in [0.717, 1.165) is 16.1 Å². The molecule has 0 atom stereocenters. The van der Waals surface area contributed by atoms with Crippen LogP contribution >= 0.6 is 11.3 Å². The van der Waals surface area contributed by atoms with Gasteiger partial charge >= 0.3 is 0 Å². The lowest BCUT2D eigenvalue weighted by Crippen LogP contribution is -2.14. The lowest BCUT2D eigenvalue weighted by Gasteiger charge is -2.00. The smallest absolute Gasteiger partial charge is 0.273 e. The number of H-pyrrole nitrogens is 1. The molecule has 0 amide bonds. The Labute approximate surface area is 124 Å². The predicted molar refractivity (Wildman–Crippen MR) is 84.6 cm³/mol. The minimum atomic E-state index is -0.110. The second-order valence-electron chi connectivity index (χ2n) is 4.69. The molecule has 1 N–H and O–H groups in total. The molecule has 1 aromatic carbocycles. The number of rotatable bonds is 2. The molecule has 4 rings (SSSR count). The van der Waals surface area contributed by atoms with Crippen molar-refractivity contribution in [1.29, 1.82) is 0 Å². The second kappa shape index (κ2) is 4.71. The molecule has 0 spiro atoms. The van der Waals surface area contributed by atoms with Crippen molar-refractivity contribution in [3.05, 3.63) is 70.3 Å². The van der Waals surface area contributed by atoms with Gasteiger partial charge in [-0.2, -0.15) is 0 Å². The molecule has 3 aromatic heterocycles. The molecule has 0 aliphatic heterocycles. The molecule has 3 heterocycles. The number of aromatic amines is 1. The highest BCUT2D eigenvalue weighted by molar-refractivity contribution is 7.13. The Bertz CT molecular complexity index is 952. The molecule has 0 fully saturated rings. The standard InChI is InChI=1S/C16H11N3OS/c20-16-10-12(11-5-2-1-3-6-11)17-15-9-13(18-19(15)16)14-7-4-8-21-14/h1-10,18H. The first-order valence-corrected chi connectivity index (χ1v) is 7.41. The third-order valence-corrected chi connectivity index (χ3v) is 4.21. The van der Waals surface area contributed by atoms with Crippen LogP contribution in [-0.2, 0) is 0 Å². The molecule has 102 valence electrons. The topological polar surface area (TPSA) is 50.2 Å². The summed E-state index contributed by atoms with van der Waals surface area (Å²) in [5.74, 6) is 0. The van der Waals surface area contributed by atoms with Crippen molar-refractivity contribution in [2.75, 3.05) is 0 Å². The van der Waals surface area contributed by atoms with E-state index in [9.17, 15) is 4.79 Å². The Morgan fingerprint density at radius 3 is 2.67 bits per heavy atom. The third-order valence-electron chi connectivity index (χ3n) is 3.31. The minimum Gasteiger partial charge on any atom is -0.288 e. The fraction of sp³-hybridized carbons (Fsp3) is 0. The highest BCUT2D eigenvalue weighted by Crippen LogP contribution is 2.24. The van der Waals surface area contributed by atoms with Crippen LogP contribution in [0.25, 0.3) is 27.5 Å². The molecule has 4 aromatic rings. The van der Waals surface area contributed by atoms with E-state index in [-0.39, 0.29) is 5.56 Å². The van der Waals surface area contributed by atoms with Crippen molar-refractivity contribution in [3.8, 4) is 21.8 Å². The zero-order chi connectivity index (χ0) is 14.2. The van der Waals surface area contributed by atoms with Gasteiger partial charge in [-0.25, -0.2) is 9.50 Å². The van der Waals surface area contributed by atoms with Gasteiger partial charge in [-0.1, -0.05) is 36.4 Å². The second-order valence-corrected chi connectivity index (χ2v) is 5.63. The van der Waals surface area contributed by atoms with Crippen LogP contribution in [0.2, 0.25) is 0 Å². The molecule has 0 saturated carbocycles. The third kappa shape index (κ3) is 2.08. The van der Waals surface area contributed by atoms with Gasteiger partial charge in [0.2, 0.25) is 0 Å². The van der Waals surface area contributed by atoms with Gasteiger partial charge in [0.1, 0.15) is 0 Å². The maximum atomic E-state index is 12.3. The molecular formula is C16H11N3OS. The predicted octanol–water partition coefficient (Wildman–Crippen LogP) is 3.42. The maximum Gasteiger partial charge on any atom is 0.273 e. The SMILES string of the molecule is O=c1cc(-c2ccccc2)nc2cc(-c3cccs3)[nH]n12. The van der Waals surface area contributed by atoms with E-state index >= 15 is 0 Å². The fourth-order valence-electron chi connectivity index (χ4n) is 2.31. The Morgan fingerprint density at radius 2 is 1.90 bits per heavy atom. The normalized spacial score (nSPS) is 11.0. The number of hydrogen-bond donors (Lipinski definition) is 1. The van der Waals surface area contributed by atoms with Crippen molar-refractivity contribution in [1.82, 2.24) is 14.6 Å². The van der Waals surface area contributed by atoms with Gasteiger partial charge < -0.3 is 0 Å². The monoisotopic (exact) mass is 293 g/mol. The van der Waals surface area contributed by atoms with Crippen LogP contribution < -0.4 is 5.56 Å². The highest BCUT2D eigenvalue weighted by Gasteiger charge is 2.09. The zero-order valence-corrected chi connectivity index (χ0v) is 11.8. The number of nitrogens with zero attached hydrogens (tertiary/aromatic N) is 2. The number of nitrogens with one attached hydrogen (secondary N) is 1. The summed E-state index contributed by atoms with van der Waals surface area (Å²) >= 11 is 1.62. The van der Waals surface area contributed by atoms with E-state index in [0.29, 0.717) is 11.3 Å². The van der Waals surface area contributed by atoms with Gasteiger partial charge in [-0.3, -0.25) is 9.89 Å². The summed E-state index contributed by atoms with van der Waals surface area (Å²) in [6, 6.07) is 17.2. The summed E-state index contributed by atoms with van der Waals surface area (Å²) in [7, 11) is 0. The summed E-state index contributed by atoms with van der Waals surface area (Å²) in [5.41, 5.74) is 3.06. The van der Waals surface area contributed by atoms with Gasteiger partial charge in [0.15, 0.2) is 5.65 Å². The number of aromatic nitrogens is 3. The maximum absolute atomic E-state index is 12.3. The molecule has 21 heavy (non-hydrogen) atoms. The van der Waals surface area contributed by atoms with Crippen LogP contribution in [0.1, 0.15) is 0 Å². The first-order chi connectivity index (χ1) is 10.3. The van der Waals surface area contributed by atoms with Gasteiger partial charge in [0.25, 0.3) is 5.56 Å². The Balaban J connectivity index is 1.92. The molecule has 4 nitrogen and oxygen atoms in total. The lowest BCUT2D eigenvalue weighted by atomic mass is 10.1. The van der Waals surface area contributed by atoms with Gasteiger partial charge in [-0.05, 0) is 11.4 Å². The molecule has 0 aliphatic rings. The highest BCUT2D eigenvalue weighted by atomic mass is 32.1. The molecule has 0 bridgehead atoms. The first kappa shape index (κ1) is 12.1. The van der Waals surface area contributed by atoms with Crippen LogP contribution in [0.3, 0.4) is 0 Å². The van der Waals surface area contributed by atoms with Gasteiger partial charge in [0, 0.05) is 17.7 Å². The molecular weight excluding hydrogens is 282 g/mol. The number of thiophene rings is 1. The molecule has 0 radical (unpaired) electrons. The van der Waals surface area contributed by atoms with E-state index in [2.05, 4.69) is 10.1 Å². The lowest BCUT2D eigenvalue weighted by molar-refractivity contribution is 0.905. The van der Waals surface area contributed by atoms with E-state index in [1.54, 1.807) is 17.4 Å². The van der Waals surface area contributed by atoms with E-state index in [1.807, 2.05) is 53.9 Å². The summed E-state index contributed by atoms with van der Waals surface area (Å²) in [6.07, 6.45) is 0. The number of fused-ring (bicyclic) bond motifs is 1.